The van der Waals surface area contributed by atoms with Crippen molar-refractivity contribution < 1.29 is 0 Å². The Morgan fingerprint density at radius 1 is 0.895 bits per heavy atom. The van der Waals surface area contributed by atoms with Crippen LogP contribution in [0.15, 0.2) is 42.5 Å². The number of nitrogen functional groups attached to an aromatic ring is 1. The Kier molecular flexibility index (Phi) is 2.25. The monoisotopic (exact) mass is 353 g/mol. The fourth-order valence-corrected chi connectivity index (χ4v) is 3.72. The minimum Gasteiger partial charge on any atom is -0.398 e. The molecule has 19 heavy (non-hydrogen) atoms. The lowest BCUT2D eigenvalue weighted by Crippen LogP contribution is -2.14. The van der Waals surface area contributed by atoms with E-state index in [0.717, 1.165) is 9.13 Å². The highest BCUT2D eigenvalue weighted by molar-refractivity contribution is 14.1. The lowest BCUT2D eigenvalue weighted by Gasteiger charge is -2.13. The van der Waals surface area contributed by atoms with Gasteiger partial charge in [0, 0.05) is 9.26 Å². The second-order valence-corrected chi connectivity index (χ2v) is 5.87. The summed E-state index contributed by atoms with van der Waals surface area (Å²) < 4.78 is 1.04. The lowest BCUT2D eigenvalue weighted by atomic mass is 9.84. The fourth-order valence-electron chi connectivity index (χ4n) is 2.98. The molecule has 3 heteroatoms. The van der Waals surface area contributed by atoms with Crippen molar-refractivity contribution in [1.29, 1.82) is 0 Å². The Balaban J connectivity index is 2.35. The molecule has 0 aromatic heterocycles. The van der Waals surface area contributed by atoms with Gasteiger partial charge in [-0.3, -0.25) is 0 Å². The first kappa shape index (κ1) is 11.4. The van der Waals surface area contributed by atoms with E-state index >= 15 is 0 Å². The Bertz CT molecular complexity index is 855. The van der Waals surface area contributed by atoms with Crippen molar-refractivity contribution in [3.8, 4) is 22.3 Å². The molecule has 1 nitrogen and oxygen atoms in total. The second kappa shape index (κ2) is 3.76. The Labute approximate surface area is 126 Å². The normalized spacial score (nSPS) is 11.8. The number of fused-ring (bicyclic) bond motifs is 3. The SMILES string of the molecule is [B]c1c(N)c(I)c2cccc3c2c1-c1ccccc1-3. The summed E-state index contributed by atoms with van der Waals surface area (Å²) in [6.45, 7) is 0. The highest BCUT2D eigenvalue weighted by Gasteiger charge is 2.24. The number of rotatable bonds is 0. The molecule has 0 spiro atoms. The minimum atomic E-state index is 0.692. The van der Waals surface area contributed by atoms with Crippen molar-refractivity contribution in [3.63, 3.8) is 0 Å². The van der Waals surface area contributed by atoms with Gasteiger partial charge in [0.2, 0.25) is 0 Å². The quantitative estimate of drug-likeness (QED) is 0.293. The number of hydrogen-bond acceptors (Lipinski definition) is 1. The van der Waals surface area contributed by atoms with Gasteiger partial charge in [-0.1, -0.05) is 47.9 Å². The van der Waals surface area contributed by atoms with Crippen LogP contribution in [-0.2, 0) is 0 Å². The van der Waals surface area contributed by atoms with Gasteiger partial charge >= 0.3 is 0 Å². The summed E-state index contributed by atoms with van der Waals surface area (Å²) in [7, 11) is 6.28. The molecule has 0 unspecified atom stereocenters. The van der Waals surface area contributed by atoms with Gasteiger partial charge in [-0.05, 0) is 55.6 Å². The molecule has 0 atom stereocenters. The molecule has 0 heterocycles. The van der Waals surface area contributed by atoms with Crippen molar-refractivity contribution in [1.82, 2.24) is 0 Å². The first-order valence-corrected chi connectivity index (χ1v) is 7.17. The van der Waals surface area contributed by atoms with Crippen LogP contribution in [0.2, 0.25) is 0 Å². The van der Waals surface area contributed by atoms with Crippen LogP contribution < -0.4 is 11.2 Å². The van der Waals surface area contributed by atoms with Crippen LogP contribution in [0.5, 0.6) is 0 Å². The summed E-state index contributed by atoms with van der Waals surface area (Å²) in [5.41, 5.74) is 12.4. The van der Waals surface area contributed by atoms with Gasteiger partial charge in [0.1, 0.15) is 7.85 Å². The zero-order valence-corrected chi connectivity index (χ0v) is 12.2. The molecule has 0 amide bonds. The summed E-state index contributed by atoms with van der Waals surface area (Å²) in [5, 5.41) is 2.43. The second-order valence-electron chi connectivity index (χ2n) is 4.79. The average Bonchev–Trinajstić information content (AvgIpc) is 2.78. The third-order valence-corrected chi connectivity index (χ3v) is 5.00. The highest BCUT2D eigenvalue weighted by Crippen LogP contribution is 2.47. The summed E-state index contributed by atoms with van der Waals surface area (Å²) in [5.74, 6) is 0. The molecule has 0 aliphatic heterocycles. The number of halogens is 1. The van der Waals surface area contributed by atoms with Crippen molar-refractivity contribution in [2.24, 2.45) is 0 Å². The van der Waals surface area contributed by atoms with Crippen molar-refractivity contribution in [3.05, 3.63) is 46.0 Å². The molecular formula is C16H9BIN. The molecule has 4 rings (SSSR count). The van der Waals surface area contributed by atoms with Crippen LogP contribution in [-0.4, -0.2) is 7.85 Å². The van der Waals surface area contributed by atoms with Gasteiger partial charge < -0.3 is 5.73 Å². The summed E-state index contributed by atoms with van der Waals surface area (Å²) >= 11 is 2.28. The van der Waals surface area contributed by atoms with Crippen LogP contribution in [0, 0.1) is 3.57 Å². The molecule has 0 saturated heterocycles. The maximum atomic E-state index is 6.28. The summed E-state index contributed by atoms with van der Waals surface area (Å²) in [6.07, 6.45) is 0. The third-order valence-electron chi connectivity index (χ3n) is 3.83. The maximum Gasteiger partial charge on any atom is 0.117 e. The fraction of sp³-hybridized carbons (Fsp3) is 0. The van der Waals surface area contributed by atoms with E-state index in [0.29, 0.717) is 11.2 Å². The molecule has 2 N–H and O–H groups in total. The number of hydrogen-bond donors (Lipinski definition) is 1. The van der Waals surface area contributed by atoms with Gasteiger partial charge in [-0.25, -0.2) is 0 Å². The van der Waals surface area contributed by atoms with E-state index in [1.807, 2.05) is 6.07 Å². The lowest BCUT2D eigenvalue weighted by molar-refractivity contribution is 1.70. The minimum absolute atomic E-state index is 0.692. The van der Waals surface area contributed by atoms with Gasteiger partial charge in [-0.15, -0.1) is 0 Å². The topological polar surface area (TPSA) is 26.0 Å². The van der Waals surface area contributed by atoms with Gasteiger partial charge in [0.15, 0.2) is 0 Å². The third kappa shape index (κ3) is 1.31. The number of anilines is 1. The Morgan fingerprint density at radius 3 is 2.37 bits per heavy atom. The van der Waals surface area contributed by atoms with Crippen molar-refractivity contribution in [2.45, 2.75) is 0 Å². The van der Waals surface area contributed by atoms with E-state index in [-0.39, 0.29) is 0 Å². The predicted octanol–water partition coefficient (Wildman–Crippen LogP) is 3.47. The van der Waals surface area contributed by atoms with Gasteiger partial charge in [0.25, 0.3) is 0 Å². The van der Waals surface area contributed by atoms with E-state index in [4.69, 9.17) is 13.6 Å². The van der Waals surface area contributed by atoms with E-state index in [1.165, 1.54) is 27.5 Å². The smallest absolute Gasteiger partial charge is 0.117 e. The molecule has 1 aliphatic carbocycles. The molecule has 0 bridgehead atoms. The Hall–Kier alpha value is -1.49. The largest absolute Gasteiger partial charge is 0.398 e. The van der Waals surface area contributed by atoms with Crippen molar-refractivity contribution in [2.75, 3.05) is 5.73 Å². The van der Waals surface area contributed by atoms with Gasteiger partial charge in [0.05, 0.1) is 0 Å². The van der Waals surface area contributed by atoms with E-state index in [9.17, 15) is 0 Å². The molecule has 1 aliphatic rings. The van der Waals surface area contributed by atoms with E-state index in [2.05, 4.69) is 59.0 Å². The van der Waals surface area contributed by atoms with E-state index < -0.39 is 0 Å². The molecule has 3 aromatic rings. The zero-order valence-electron chi connectivity index (χ0n) is 10.1. The predicted molar refractivity (Wildman–Crippen MR) is 90.9 cm³/mol. The highest BCUT2D eigenvalue weighted by atomic mass is 127. The van der Waals surface area contributed by atoms with Crippen LogP contribution in [0.3, 0.4) is 0 Å². The average molecular weight is 353 g/mol. The van der Waals surface area contributed by atoms with Crippen molar-refractivity contribution >= 4 is 52.4 Å². The molecule has 0 fully saturated rings. The van der Waals surface area contributed by atoms with E-state index in [1.54, 1.807) is 0 Å². The summed E-state index contributed by atoms with van der Waals surface area (Å²) in [6, 6.07) is 14.7. The summed E-state index contributed by atoms with van der Waals surface area (Å²) in [4.78, 5) is 0. The number of benzene rings is 3. The first-order valence-electron chi connectivity index (χ1n) is 6.09. The molecule has 2 radical (unpaired) electrons. The first-order chi connectivity index (χ1) is 9.20. The van der Waals surface area contributed by atoms with Crippen LogP contribution in [0.4, 0.5) is 5.69 Å². The van der Waals surface area contributed by atoms with Crippen LogP contribution >= 0.6 is 22.6 Å². The standard InChI is InChI=1S/C16H9BIN/c17-14-13-10-5-2-1-4-8(10)9-6-3-7-11(12(9)13)15(18)16(14)19/h1-7H,19H2. The Morgan fingerprint density at radius 2 is 1.58 bits per heavy atom. The maximum absolute atomic E-state index is 6.28. The molecular weight excluding hydrogens is 344 g/mol. The number of nitrogens with two attached hydrogens (primary N) is 1. The molecule has 88 valence electrons. The van der Waals surface area contributed by atoms with Crippen LogP contribution in [0.1, 0.15) is 0 Å². The van der Waals surface area contributed by atoms with Crippen LogP contribution in [0.25, 0.3) is 33.0 Å². The zero-order chi connectivity index (χ0) is 13.1. The van der Waals surface area contributed by atoms with Gasteiger partial charge in [-0.2, -0.15) is 0 Å². The molecule has 0 saturated carbocycles. The molecule has 3 aromatic carbocycles.